The molecule has 1 saturated heterocycles. The van der Waals surface area contributed by atoms with Gasteiger partial charge in [-0.15, -0.1) is 0 Å². The zero-order valence-electron chi connectivity index (χ0n) is 4.98. The summed E-state index contributed by atoms with van der Waals surface area (Å²) in [7, 11) is 0. The lowest BCUT2D eigenvalue weighted by Gasteiger charge is -2.28. The van der Waals surface area contributed by atoms with E-state index in [0.29, 0.717) is 13.2 Å². The molecule has 1 heterocycles. The molecular weight excluding hydrogens is 106 g/mol. The Morgan fingerprint density at radius 3 is 2.75 bits per heavy atom. The van der Waals surface area contributed by atoms with Gasteiger partial charge in [-0.05, 0) is 6.92 Å². The minimum absolute atomic E-state index is 0.535. The Labute approximate surface area is 48.7 Å². The van der Waals surface area contributed by atoms with Crippen molar-refractivity contribution < 1.29 is 9.84 Å². The van der Waals surface area contributed by atoms with Gasteiger partial charge in [-0.3, -0.25) is 0 Å². The van der Waals surface area contributed by atoms with E-state index in [4.69, 9.17) is 9.84 Å². The summed E-state index contributed by atoms with van der Waals surface area (Å²) in [5.41, 5.74) is 0. The van der Waals surface area contributed by atoms with E-state index in [1.807, 2.05) is 0 Å². The second-order valence-electron chi connectivity index (χ2n) is 2.20. The highest BCUT2D eigenvalue weighted by Gasteiger charge is 2.22. The molecule has 1 rings (SSSR count). The molecule has 2 N–H and O–H groups in total. The SMILES string of the molecule is CC1(O)CNCCO1. The first kappa shape index (κ1) is 6.01. The molecule has 0 aromatic carbocycles. The van der Waals surface area contributed by atoms with Gasteiger partial charge in [0.2, 0.25) is 0 Å². The van der Waals surface area contributed by atoms with E-state index in [9.17, 15) is 0 Å². The smallest absolute Gasteiger partial charge is 0.175 e. The van der Waals surface area contributed by atoms with Crippen molar-refractivity contribution in [3.8, 4) is 0 Å². The lowest BCUT2D eigenvalue weighted by atomic mass is 10.3. The molecule has 3 heteroatoms. The van der Waals surface area contributed by atoms with Crippen LogP contribution in [0.15, 0.2) is 0 Å². The van der Waals surface area contributed by atoms with Gasteiger partial charge in [-0.25, -0.2) is 0 Å². The molecule has 1 atom stereocenters. The first-order valence-electron chi connectivity index (χ1n) is 2.78. The highest BCUT2D eigenvalue weighted by atomic mass is 16.6. The molecule has 0 radical (unpaired) electrons. The summed E-state index contributed by atoms with van der Waals surface area (Å²) in [5, 5.41) is 12.1. The molecule has 3 nitrogen and oxygen atoms in total. The van der Waals surface area contributed by atoms with Crippen molar-refractivity contribution in [3.05, 3.63) is 0 Å². The quantitative estimate of drug-likeness (QED) is 0.441. The summed E-state index contributed by atoms with van der Waals surface area (Å²) in [6, 6.07) is 0. The molecule has 48 valence electrons. The first-order valence-corrected chi connectivity index (χ1v) is 2.78. The zero-order valence-corrected chi connectivity index (χ0v) is 4.98. The molecule has 1 aliphatic rings. The number of ether oxygens (including phenoxy) is 1. The van der Waals surface area contributed by atoms with Crippen LogP contribution in [0.25, 0.3) is 0 Å². The van der Waals surface area contributed by atoms with Gasteiger partial charge < -0.3 is 15.2 Å². The van der Waals surface area contributed by atoms with Crippen LogP contribution < -0.4 is 5.32 Å². The van der Waals surface area contributed by atoms with E-state index < -0.39 is 5.79 Å². The minimum atomic E-state index is -0.932. The summed E-state index contributed by atoms with van der Waals surface area (Å²) < 4.78 is 4.96. The van der Waals surface area contributed by atoms with E-state index in [1.165, 1.54) is 0 Å². The average Bonchev–Trinajstić information content (AvgIpc) is 1.65. The Kier molecular flexibility index (Phi) is 1.51. The van der Waals surface area contributed by atoms with Crippen molar-refractivity contribution in [1.29, 1.82) is 0 Å². The highest BCUT2D eigenvalue weighted by molar-refractivity contribution is 4.68. The first-order chi connectivity index (χ1) is 3.71. The molecular formula is C5H11NO2. The van der Waals surface area contributed by atoms with Crippen LogP contribution in [-0.2, 0) is 4.74 Å². The Bertz CT molecular complexity index is 74.5. The average molecular weight is 117 g/mol. The van der Waals surface area contributed by atoms with Crippen LogP contribution in [0.2, 0.25) is 0 Å². The second-order valence-corrected chi connectivity index (χ2v) is 2.20. The lowest BCUT2D eigenvalue weighted by Crippen LogP contribution is -2.47. The van der Waals surface area contributed by atoms with Gasteiger partial charge in [0.1, 0.15) is 0 Å². The number of nitrogens with one attached hydrogen (secondary N) is 1. The summed E-state index contributed by atoms with van der Waals surface area (Å²) in [4.78, 5) is 0. The fourth-order valence-electron chi connectivity index (χ4n) is 0.714. The van der Waals surface area contributed by atoms with Gasteiger partial charge in [-0.2, -0.15) is 0 Å². The number of β-amino-alcohol motifs (C(OH)–C–C–N with tert-alkyl or cyclic N) is 1. The van der Waals surface area contributed by atoms with Gasteiger partial charge >= 0.3 is 0 Å². The summed E-state index contributed by atoms with van der Waals surface area (Å²) in [6.45, 7) is 3.63. The minimum Gasteiger partial charge on any atom is -0.365 e. The summed E-state index contributed by atoms with van der Waals surface area (Å²) >= 11 is 0. The van der Waals surface area contributed by atoms with Gasteiger partial charge in [-0.1, -0.05) is 0 Å². The molecule has 1 unspecified atom stereocenters. The Hall–Kier alpha value is -0.120. The molecule has 1 aliphatic heterocycles. The van der Waals surface area contributed by atoms with Crippen molar-refractivity contribution in [1.82, 2.24) is 5.32 Å². The fraction of sp³-hybridized carbons (Fsp3) is 1.00. The van der Waals surface area contributed by atoms with Crippen molar-refractivity contribution in [2.24, 2.45) is 0 Å². The zero-order chi connectivity index (χ0) is 6.04. The van der Waals surface area contributed by atoms with Crippen LogP contribution in [0, 0.1) is 0 Å². The molecule has 1 fully saturated rings. The normalized spacial score (nSPS) is 39.8. The summed E-state index contributed by atoms with van der Waals surface area (Å²) in [6.07, 6.45) is 0. The van der Waals surface area contributed by atoms with Crippen molar-refractivity contribution in [3.63, 3.8) is 0 Å². The van der Waals surface area contributed by atoms with E-state index >= 15 is 0 Å². The van der Waals surface area contributed by atoms with Gasteiger partial charge in [0.15, 0.2) is 5.79 Å². The topological polar surface area (TPSA) is 41.5 Å². The number of aliphatic hydroxyl groups is 1. The van der Waals surface area contributed by atoms with Crippen LogP contribution in [0.4, 0.5) is 0 Å². The fourth-order valence-corrected chi connectivity index (χ4v) is 0.714. The van der Waals surface area contributed by atoms with Gasteiger partial charge in [0.05, 0.1) is 6.61 Å². The maximum absolute atomic E-state index is 9.09. The third-order valence-electron chi connectivity index (χ3n) is 1.14. The molecule has 0 bridgehead atoms. The monoisotopic (exact) mass is 117 g/mol. The molecule has 0 aromatic rings. The number of hydrogen-bond acceptors (Lipinski definition) is 3. The van der Waals surface area contributed by atoms with Crippen LogP contribution in [0.3, 0.4) is 0 Å². The van der Waals surface area contributed by atoms with E-state index in [0.717, 1.165) is 6.54 Å². The van der Waals surface area contributed by atoms with E-state index in [-0.39, 0.29) is 0 Å². The van der Waals surface area contributed by atoms with Crippen LogP contribution in [0.1, 0.15) is 6.92 Å². The third kappa shape index (κ3) is 1.43. The second kappa shape index (κ2) is 2.01. The Balaban J connectivity index is 2.33. The largest absolute Gasteiger partial charge is 0.365 e. The molecule has 0 aliphatic carbocycles. The Morgan fingerprint density at radius 1 is 1.75 bits per heavy atom. The van der Waals surface area contributed by atoms with Crippen LogP contribution in [0.5, 0.6) is 0 Å². The standard InChI is InChI=1S/C5H11NO2/c1-5(7)4-6-2-3-8-5/h6-7H,2-4H2,1H3. The highest BCUT2D eigenvalue weighted by Crippen LogP contribution is 2.05. The molecule has 0 amide bonds. The van der Waals surface area contributed by atoms with Crippen molar-refractivity contribution >= 4 is 0 Å². The molecule has 0 saturated carbocycles. The molecule has 0 aromatic heterocycles. The maximum Gasteiger partial charge on any atom is 0.175 e. The van der Waals surface area contributed by atoms with E-state index in [2.05, 4.69) is 5.32 Å². The van der Waals surface area contributed by atoms with Gasteiger partial charge in [0, 0.05) is 13.1 Å². The number of hydrogen-bond donors (Lipinski definition) is 2. The lowest BCUT2D eigenvalue weighted by molar-refractivity contribution is -0.200. The summed E-state index contributed by atoms with van der Waals surface area (Å²) in [5.74, 6) is -0.932. The van der Waals surface area contributed by atoms with E-state index in [1.54, 1.807) is 6.92 Å². The predicted molar refractivity (Wildman–Crippen MR) is 29.4 cm³/mol. The predicted octanol–water partition coefficient (Wildman–Crippen LogP) is -0.685. The number of rotatable bonds is 0. The molecule has 0 spiro atoms. The maximum atomic E-state index is 9.09. The van der Waals surface area contributed by atoms with Crippen LogP contribution >= 0.6 is 0 Å². The van der Waals surface area contributed by atoms with Crippen molar-refractivity contribution in [2.75, 3.05) is 19.7 Å². The number of morpholine rings is 1. The molecule has 8 heavy (non-hydrogen) atoms. The van der Waals surface area contributed by atoms with Crippen LogP contribution in [-0.4, -0.2) is 30.6 Å². The Morgan fingerprint density at radius 2 is 2.50 bits per heavy atom. The van der Waals surface area contributed by atoms with Crippen molar-refractivity contribution in [2.45, 2.75) is 12.7 Å². The van der Waals surface area contributed by atoms with Gasteiger partial charge in [0.25, 0.3) is 0 Å². The third-order valence-corrected chi connectivity index (χ3v) is 1.14.